The maximum atomic E-state index is 12.0. The zero-order chi connectivity index (χ0) is 18.6. The van der Waals surface area contributed by atoms with Crippen molar-refractivity contribution in [3.8, 4) is 0 Å². The van der Waals surface area contributed by atoms with E-state index in [2.05, 4.69) is 36.3 Å². The maximum Gasteiger partial charge on any atom is 0.220 e. The fourth-order valence-corrected chi connectivity index (χ4v) is 2.80. The van der Waals surface area contributed by atoms with Crippen molar-refractivity contribution in [1.29, 1.82) is 0 Å². The topological polar surface area (TPSA) is 78.0 Å². The predicted octanol–water partition coefficient (Wildman–Crippen LogP) is 3.11. The number of amides is 1. The van der Waals surface area contributed by atoms with Crippen LogP contribution in [0, 0.1) is 13.8 Å². The van der Waals surface area contributed by atoms with Crippen molar-refractivity contribution in [1.82, 2.24) is 15.5 Å². The number of aromatic nitrogens is 2. The number of hydrogen-bond acceptors (Lipinski definition) is 3. The molecule has 1 aromatic heterocycles. The number of aliphatic hydroxyl groups excluding tert-OH is 1. The molecule has 0 radical (unpaired) electrons. The molecule has 0 aliphatic rings. The van der Waals surface area contributed by atoms with Crippen molar-refractivity contribution >= 4 is 5.91 Å². The molecule has 1 aromatic carbocycles. The number of H-pyrrole nitrogens is 1. The molecule has 0 bridgehead atoms. The van der Waals surface area contributed by atoms with Crippen molar-refractivity contribution < 1.29 is 9.90 Å². The third kappa shape index (κ3) is 5.16. The van der Waals surface area contributed by atoms with E-state index in [1.165, 1.54) is 5.56 Å². The highest BCUT2D eigenvalue weighted by Crippen LogP contribution is 2.23. The van der Waals surface area contributed by atoms with Crippen LogP contribution >= 0.6 is 0 Å². The predicted molar refractivity (Wildman–Crippen MR) is 99.5 cm³/mol. The Hall–Kier alpha value is -2.14. The summed E-state index contributed by atoms with van der Waals surface area (Å²) in [5.74, 6) is -0.0645. The van der Waals surface area contributed by atoms with Crippen LogP contribution in [0.4, 0.5) is 0 Å². The summed E-state index contributed by atoms with van der Waals surface area (Å²) in [4.78, 5) is 12.0. The summed E-state index contributed by atoms with van der Waals surface area (Å²) in [6, 6.07) is 7.92. The summed E-state index contributed by atoms with van der Waals surface area (Å²) in [7, 11) is 0. The summed E-state index contributed by atoms with van der Waals surface area (Å²) < 4.78 is 0. The second kappa shape index (κ2) is 7.83. The zero-order valence-corrected chi connectivity index (χ0v) is 15.8. The van der Waals surface area contributed by atoms with Crippen LogP contribution in [0.5, 0.6) is 0 Å². The molecular weight excluding hydrogens is 314 g/mol. The molecule has 1 atom stereocenters. The minimum Gasteiger partial charge on any atom is -0.387 e. The molecule has 0 fully saturated rings. The first-order valence-corrected chi connectivity index (χ1v) is 8.74. The Labute approximate surface area is 149 Å². The Morgan fingerprint density at radius 3 is 2.40 bits per heavy atom. The van der Waals surface area contributed by atoms with Gasteiger partial charge >= 0.3 is 0 Å². The highest BCUT2D eigenvalue weighted by Gasteiger charge is 2.15. The van der Waals surface area contributed by atoms with Gasteiger partial charge in [0.25, 0.3) is 0 Å². The first kappa shape index (κ1) is 19.2. The molecule has 0 saturated carbocycles. The molecule has 1 heterocycles. The van der Waals surface area contributed by atoms with E-state index in [1.54, 1.807) is 0 Å². The third-order valence-electron chi connectivity index (χ3n) is 4.54. The Kier molecular flexibility index (Phi) is 6.01. The monoisotopic (exact) mass is 343 g/mol. The zero-order valence-electron chi connectivity index (χ0n) is 15.8. The van der Waals surface area contributed by atoms with Crippen molar-refractivity contribution in [2.45, 2.75) is 59.0 Å². The minimum absolute atomic E-state index is 0.0645. The summed E-state index contributed by atoms with van der Waals surface area (Å²) in [6.45, 7) is 10.6. The lowest BCUT2D eigenvalue weighted by Gasteiger charge is -2.20. The van der Waals surface area contributed by atoms with Gasteiger partial charge in [-0.05, 0) is 42.4 Å². The van der Waals surface area contributed by atoms with Crippen LogP contribution < -0.4 is 5.32 Å². The van der Waals surface area contributed by atoms with Gasteiger partial charge in [-0.2, -0.15) is 5.10 Å². The van der Waals surface area contributed by atoms with Gasteiger partial charge in [-0.25, -0.2) is 0 Å². The molecule has 25 heavy (non-hydrogen) atoms. The Morgan fingerprint density at radius 2 is 1.88 bits per heavy atom. The standard InChI is InChI=1S/C20H29N3O2/c1-13-17(14(2)23-22-13)10-11-19(25)21-12-18(24)15-6-8-16(9-7-15)20(3,4)5/h6-9,18,24H,10-12H2,1-5H3,(H,21,25)(H,22,23). The highest BCUT2D eigenvalue weighted by molar-refractivity contribution is 5.76. The van der Waals surface area contributed by atoms with E-state index in [-0.39, 0.29) is 17.9 Å². The third-order valence-corrected chi connectivity index (χ3v) is 4.54. The molecule has 2 aromatic rings. The van der Waals surface area contributed by atoms with E-state index in [0.29, 0.717) is 12.8 Å². The van der Waals surface area contributed by atoms with E-state index in [9.17, 15) is 9.90 Å². The number of benzene rings is 1. The summed E-state index contributed by atoms with van der Waals surface area (Å²) in [6.07, 6.45) is 0.336. The van der Waals surface area contributed by atoms with Crippen LogP contribution in [-0.2, 0) is 16.6 Å². The molecule has 2 rings (SSSR count). The van der Waals surface area contributed by atoms with Crippen LogP contribution in [0.2, 0.25) is 0 Å². The molecule has 1 unspecified atom stereocenters. The van der Waals surface area contributed by atoms with Crippen molar-refractivity contribution in [2.75, 3.05) is 6.54 Å². The first-order chi connectivity index (χ1) is 11.7. The molecule has 0 aliphatic heterocycles. The van der Waals surface area contributed by atoms with Gasteiger partial charge in [-0.3, -0.25) is 9.89 Å². The smallest absolute Gasteiger partial charge is 0.220 e. The Morgan fingerprint density at radius 1 is 1.24 bits per heavy atom. The number of rotatable bonds is 6. The minimum atomic E-state index is -0.699. The number of hydrogen-bond donors (Lipinski definition) is 3. The van der Waals surface area contributed by atoms with Gasteiger partial charge in [0.15, 0.2) is 0 Å². The van der Waals surface area contributed by atoms with Crippen molar-refractivity contribution in [3.63, 3.8) is 0 Å². The molecule has 0 saturated heterocycles. The SMILES string of the molecule is Cc1n[nH]c(C)c1CCC(=O)NCC(O)c1ccc(C(C)(C)C)cc1. The number of carbonyl (C=O) groups is 1. The largest absolute Gasteiger partial charge is 0.387 e. The quantitative estimate of drug-likeness (QED) is 0.754. The van der Waals surface area contributed by atoms with Crippen LogP contribution in [0.15, 0.2) is 24.3 Å². The number of aromatic amines is 1. The lowest BCUT2D eigenvalue weighted by atomic mass is 9.86. The fraction of sp³-hybridized carbons (Fsp3) is 0.500. The average molecular weight is 343 g/mol. The highest BCUT2D eigenvalue weighted by atomic mass is 16.3. The van der Waals surface area contributed by atoms with E-state index in [4.69, 9.17) is 0 Å². The maximum absolute atomic E-state index is 12.0. The Balaban J connectivity index is 1.83. The molecule has 5 nitrogen and oxygen atoms in total. The molecule has 0 spiro atoms. The van der Waals surface area contributed by atoms with Gasteiger partial charge < -0.3 is 10.4 Å². The van der Waals surface area contributed by atoms with E-state index < -0.39 is 6.10 Å². The second-order valence-corrected chi connectivity index (χ2v) is 7.60. The van der Waals surface area contributed by atoms with Crippen LogP contribution in [0.3, 0.4) is 0 Å². The van der Waals surface area contributed by atoms with Crippen LogP contribution in [-0.4, -0.2) is 27.8 Å². The number of nitrogens with one attached hydrogen (secondary N) is 2. The molecular formula is C20H29N3O2. The summed E-state index contributed by atoms with van der Waals surface area (Å²) >= 11 is 0. The lowest BCUT2D eigenvalue weighted by molar-refractivity contribution is -0.121. The van der Waals surface area contributed by atoms with Gasteiger partial charge in [0.2, 0.25) is 5.91 Å². The normalized spacial score (nSPS) is 12.9. The number of aryl methyl sites for hydroxylation is 2. The van der Waals surface area contributed by atoms with E-state index in [1.807, 2.05) is 38.1 Å². The van der Waals surface area contributed by atoms with Gasteiger partial charge in [0, 0.05) is 18.7 Å². The number of aliphatic hydroxyl groups is 1. The lowest BCUT2D eigenvalue weighted by Crippen LogP contribution is -2.28. The molecule has 5 heteroatoms. The summed E-state index contributed by atoms with van der Waals surface area (Å²) in [5.41, 5.74) is 5.15. The average Bonchev–Trinajstić information content (AvgIpc) is 2.88. The first-order valence-electron chi connectivity index (χ1n) is 8.74. The number of nitrogens with zero attached hydrogens (tertiary/aromatic N) is 1. The molecule has 1 amide bonds. The molecule has 3 N–H and O–H groups in total. The fourth-order valence-electron chi connectivity index (χ4n) is 2.80. The van der Waals surface area contributed by atoms with Gasteiger partial charge in [-0.1, -0.05) is 45.0 Å². The van der Waals surface area contributed by atoms with E-state index >= 15 is 0 Å². The number of carbonyl (C=O) groups excluding carboxylic acids is 1. The van der Waals surface area contributed by atoms with Gasteiger partial charge in [0.1, 0.15) is 0 Å². The van der Waals surface area contributed by atoms with Gasteiger partial charge in [-0.15, -0.1) is 0 Å². The van der Waals surface area contributed by atoms with Gasteiger partial charge in [0.05, 0.1) is 11.8 Å². The molecule has 136 valence electrons. The van der Waals surface area contributed by atoms with Crippen molar-refractivity contribution in [2.24, 2.45) is 0 Å². The Bertz CT molecular complexity index is 692. The van der Waals surface area contributed by atoms with Crippen molar-refractivity contribution in [3.05, 3.63) is 52.3 Å². The second-order valence-electron chi connectivity index (χ2n) is 7.60. The van der Waals surface area contributed by atoms with Crippen LogP contribution in [0.1, 0.15) is 61.4 Å². The van der Waals surface area contributed by atoms with E-state index in [0.717, 1.165) is 22.5 Å². The van der Waals surface area contributed by atoms with Crippen LogP contribution in [0.25, 0.3) is 0 Å². The molecule has 0 aliphatic carbocycles. The summed E-state index contributed by atoms with van der Waals surface area (Å²) in [5, 5.41) is 20.1.